The molecule has 0 aliphatic heterocycles. The van der Waals surface area contributed by atoms with E-state index < -0.39 is 0 Å². The van der Waals surface area contributed by atoms with Crippen LogP contribution in [0.5, 0.6) is 0 Å². The highest BCUT2D eigenvalue weighted by molar-refractivity contribution is 7.80. The molecule has 1 aromatic heterocycles. The van der Waals surface area contributed by atoms with Gasteiger partial charge in [0.25, 0.3) is 5.91 Å². The van der Waals surface area contributed by atoms with E-state index in [-0.39, 0.29) is 11.9 Å². The second kappa shape index (κ2) is 6.48. The van der Waals surface area contributed by atoms with E-state index >= 15 is 0 Å². The summed E-state index contributed by atoms with van der Waals surface area (Å²) in [6.45, 7) is 2.03. The molecule has 3 nitrogen and oxygen atoms in total. The fraction of sp³-hybridized carbons (Fsp3) is 0.571. The lowest BCUT2D eigenvalue weighted by atomic mass is 9.99. The van der Waals surface area contributed by atoms with Crippen LogP contribution in [0.15, 0.2) is 6.07 Å². The number of carbonyl (C=O) groups is 1. The number of aryl methyl sites for hydroxylation is 2. The number of fused-ring (bicyclic) bond motifs is 1. The van der Waals surface area contributed by atoms with Crippen LogP contribution < -0.4 is 11.1 Å². The molecule has 1 unspecified atom stereocenters. The van der Waals surface area contributed by atoms with Gasteiger partial charge in [-0.05, 0) is 43.7 Å². The number of carbonyl (C=O) groups excluding carboxylic acids is 1. The average molecular weight is 296 g/mol. The van der Waals surface area contributed by atoms with E-state index in [0.717, 1.165) is 24.1 Å². The van der Waals surface area contributed by atoms with Gasteiger partial charge in [0.15, 0.2) is 0 Å². The van der Waals surface area contributed by atoms with Gasteiger partial charge in [0.2, 0.25) is 0 Å². The van der Waals surface area contributed by atoms with Gasteiger partial charge >= 0.3 is 0 Å². The van der Waals surface area contributed by atoms with Crippen LogP contribution in [0.2, 0.25) is 0 Å². The molecule has 1 aromatic rings. The first-order valence-electron chi connectivity index (χ1n) is 6.81. The maximum atomic E-state index is 12.2. The molecular weight excluding hydrogens is 276 g/mol. The summed E-state index contributed by atoms with van der Waals surface area (Å²) in [7, 11) is 0. The lowest BCUT2D eigenvalue weighted by Crippen LogP contribution is -2.36. The third-order valence-corrected chi connectivity index (χ3v) is 4.90. The maximum absolute atomic E-state index is 12.2. The highest BCUT2D eigenvalue weighted by Gasteiger charge is 2.19. The molecule has 0 spiro atoms. The fourth-order valence-electron chi connectivity index (χ4n) is 2.40. The lowest BCUT2D eigenvalue weighted by molar-refractivity contribution is 0.0941. The molecule has 2 rings (SSSR count). The van der Waals surface area contributed by atoms with E-state index in [2.05, 4.69) is 11.4 Å². The van der Waals surface area contributed by atoms with Crippen molar-refractivity contribution in [2.45, 2.75) is 51.5 Å². The van der Waals surface area contributed by atoms with Gasteiger partial charge in [-0.15, -0.1) is 11.3 Å². The molecule has 1 atom stereocenters. The molecule has 1 aliphatic carbocycles. The summed E-state index contributed by atoms with van der Waals surface area (Å²) in [5.74, 6) is 0.0162. The second-order valence-corrected chi connectivity index (χ2v) is 6.68. The van der Waals surface area contributed by atoms with Crippen LogP contribution in [-0.4, -0.2) is 16.9 Å². The first-order valence-corrected chi connectivity index (χ1v) is 8.03. The SMILES string of the molecule is CCC(CC(N)=S)NC(=O)c1cc2c(s1)CCCC2. The first kappa shape index (κ1) is 14.5. The Morgan fingerprint density at radius 2 is 2.26 bits per heavy atom. The van der Waals surface area contributed by atoms with Gasteiger partial charge in [0.1, 0.15) is 0 Å². The molecule has 0 fully saturated rings. The minimum Gasteiger partial charge on any atom is -0.393 e. The van der Waals surface area contributed by atoms with Gasteiger partial charge < -0.3 is 11.1 Å². The first-order chi connectivity index (χ1) is 9.10. The van der Waals surface area contributed by atoms with E-state index in [9.17, 15) is 4.79 Å². The van der Waals surface area contributed by atoms with Gasteiger partial charge in [0.05, 0.1) is 9.87 Å². The van der Waals surface area contributed by atoms with Gasteiger partial charge in [-0.2, -0.15) is 0 Å². The Morgan fingerprint density at radius 1 is 1.53 bits per heavy atom. The minimum absolute atomic E-state index is 0.0162. The van der Waals surface area contributed by atoms with Crippen LogP contribution in [0.25, 0.3) is 0 Å². The van der Waals surface area contributed by atoms with Crippen LogP contribution in [0.1, 0.15) is 52.7 Å². The average Bonchev–Trinajstić information content (AvgIpc) is 2.81. The van der Waals surface area contributed by atoms with Crippen molar-refractivity contribution < 1.29 is 4.79 Å². The molecule has 1 heterocycles. The number of thiocarbonyl (C=S) groups is 1. The Balaban J connectivity index is 2.02. The maximum Gasteiger partial charge on any atom is 0.261 e. The largest absolute Gasteiger partial charge is 0.393 e. The molecule has 1 aliphatic rings. The normalized spacial score (nSPS) is 15.6. The van der Waals surface area contributed by atoms with Crippen molar-refractivity contribution in [1.82, 2.24) is 5.32 Å². The predicted octanol–water partition coefficient (Wildman–Crippen LogP) is 2.81. The van der Waals surface area contributed by atoms with Crippen molar-refractivity contribution >= 4 is 34.5 Å². The van der Waals surface area contributed by atoms with E-state index in [1.807, 2.05) is 6.92 Å². The zero-order chi connectivity index (χ0) is 13.8. The number of hydrogen-bond acceptors (Lipinski definition) is 3. The summed E-state index contributed by atoms with van der Waals surface area (Å²) >= 11 is 6.55. The standard InChI is InChI=1S/C14H20N2OS2/c1-2-10(8-13(15)18)16-14(17)12-7-9-5-3-4-6-11(9)19-12/h7,10H,2-6,8H2,1H3,(H2,15,18)(H,16,17). The van der Waals surface area contributed by atoms with Crippen LogP contribution in [0.4, 0.5) is 0 Å². The summed E-state index contributed by atoms with van der Waals surface area (Å²) < 4.78 is 0. The van der Waals surface area contributed by atoms with Crippen LogP contribution >= 0.6 is 23.6 Å². The molecule has 0 radical (unpaired) electrons. The zero-order valence-electron chi connectivity index (χ0n) is 11.2. The Bertz CT molecular complexity index is 458. The van der Waals surface area contributed by atoms with Crippen molar-refractivity contribution in [2.24, 2.45) is 5.73 Å². The van der Waals surface area contributed by atoms with Crippen LogP contribution in [0, 0.1) is 0 Å². The van der Waals surface area contributed by atoms with Crippen molar-refractivity contribution in [3.8, 4) is 0 Å². The van der Waals surface area contributed by atoms with Crippen molar-refractivity contribution in [2.75, 3.05) is 0 Å². The molecule has 0 aromatic carbocycles. The number of amides is 1. The van der Waals surface area contributed by atoms with Crippen LogP contribution in [0.3, 0.4) is 0 Å². The Labute approximate surface area is 123 Å². The summed E-state index contributed by atoms with van der Waals surface area (Å²) in [5, 5.41) is 3.03. The van der Waals surface area contributed by atoms with E-state index in [1.54, 1.807) is 11.3 Å². The summed E-state index contributed by atoms with van der Waals surface area (Å²) in [5.41, 5.74) is 6.91. The van der Waals surface area contributed by atoms with Crippen molar-refractivity contribution in [3.63, 3.8) is 0 Å². The van der Waals surface area contributed by atoms with Gasteiger partial charge in [-0.25, -0.2) is 0 Å². The zero-order valence-corrected chi connectivity index (χ0v) is 12.8. The Morgan fingerprint density at radius 3 is 2.89 bits per heavy atom. The third-order valence-electron chi connectivity index (χ3n) is 3.50. The topological polar surface area (TPSA) is 55.1 Å². The molecule has 104 valence electrons. The number of thiophene rings is 1. The number of nitrogens with one attached hydrogen (secondary N) is 1. The minimum atomic E-state index is 0.0162. The Kier molecular flexibility index (Phi) is 4.93. The summed E-state index contributed by atoms with van der Waals surface area (Å²) in [4.78, 5) is 14.9. The third kappa shape index (κ3) is 3.76. The van der Waals surface area contributed by atoms with E-state index in [1.165, 1.54) is 23.3 Å². The highest BCUT2D eigenvalue weighted by Crippen LogP contribution is 2.29. The number of hydrogen-bond donors (Lipinski definition) is 2. The van der Waals surface area contributed by atoms with Crippen molar-refractivity contribution in [1.29, 1.82) is 0 Å². The number of rotatable bonds is 5. The van der Waals surface area contributed by atoms with E-state index in [0.29, 0.717) is 11.4 Å². The molecule has 1 amide bonds. The lowest BCUT2D eigenvalue weighted by Gasteiger charge is -2.15. The highest BCUT2D eigenvalue weighted by atomic mass is 32.1. The molecule has 19 heavy (non-hydrogen) atoms. The molecular formula is C14H20N2OS2. The summed E-state index contributed by atoms with van der Waals surface area (Å²) in [6.07, 6.45) is 6.13. The fourth-order valence-corrected chi connectivity index (χ4v) is 3.76. The van der Waals surface area contributed by atoms with Gasteiger partial charge in [-0.1, -0.05) is 19.1 Å². The summed E-state index contributed by atoms with van der Waals surface area (Å²) in [6, 6.07) is 2.10. The molecule has 3 N–H and O–H groups in total. The molecule has 0 bridgehead atoms. The second-order valence-electron chi connectivity index (χ2n) is 5.02. The molecule has 0 saturated heterocycles. The Hall–Kier alpha value is -0.940. The molecule has 0 saturated carbocycles. The van der Waals surface area contributed by atoms with E-state index in [4.69, 9.17) is 18.0 Å². The van der Waals surface area contributed by atoms with Gasteiger partial charge in [-0.3, -0.25) is 4.79 Å². The number of nitrogens with two attached hydrogens (primary N) is 1. The van der Waals surface area contributed by atoms with Crippen LogP contribution in [-0.2, 0) is 12.8 Å². The predicted molar refractivity (Wildman–Crippen MR) is 83.9 cm³/mol. The van der Waals surface area contributed by atoms with Crippen molar-refractivity contribution in [3.05, 3.63) is 21.4 Å². The smallest absolute Gasteiger partial charge is 0.261 e. The monoisotopic (exact) mass is 296 g/mol. The van der Waals surface area contributed by atoms with Gasteiger partial charge in [0, 0.05) is 17.3 Å². The molecule has 5 heteroatoms. The quantitative estimate of drug-likeness (QED) is 0.822.